The van der Waals surface area contributed by atoms with Crippen molar-refractivity contribution in [3.8, 4) is 11.5 Å². The molecule has 0 radical (unpaired) electrons. The van der Waals surface area contributed by atoms with Crippen LogP contribution in [0, 0.1) is 19.7 Å². The van der Waals surface area contributed by atoms with E-state index in [1.807, 2.05) is 32.0 Å². The number of hydrogen-bond acceptors (Lipinski definition) is 3. The van der Waals surface area contributed by atoms with Gasteiger partial charge in [-0.1, -0.05) is 12.1 Å². The van der Waals surface area contributed by atoms with Gasteiger partial charge in [0.15, 0.2) is 5.11 Å². The van der Waals surface area contributed by atoms with Gasteiger partial charge in [0.25, 0.3) is 0 Å². The molecule has 0 atom stereocenters. The van der Waals surface area contributed by atoms with Crippen molar-refractivity contribution in [2.24, 2.45) is 0 Å². The largest absolute Gasteiger partial charge is 0.490 e. The molecule has 2 aromatic rings. The zero-order valence-electron chi connectivity index (χ0n) is 14.0. The third-order valence-electron chi connectivity index (χ3n) is 3.42. The van der Waals surface area contributed by atoms with Crippen LogP contribution in [0.2, 0.25) is 0 Å². The summed E-state index contributed by atoms with van der Waals surface area (Å²) < 4.78 is 24.6. The van der Waals surface area contributed by atoms with Gasteiger partial charge >= 0.3 is 0 Å². The fourth-order valence-electron chi connectivity index (χ4n) is 2.06. The molecule has 0 amide bonds. The van der Waals surface area contributed by atoms with Crippen LogP contribution in [-0.2, 0) is 0 Å². The third-order valence-corrected chi connectivity index (χ3v) is 3.73. The third kappa shape index (κ3) is 5.09. The summed E-state index contributed by atoms with van der Waals surface area (Å²) in [4.78, 5) is 0. The Labute approximate surface area is 147 Å². The van der Waals surface area contributed by atoms with Crippen LogP contribution < -0.4 is 20.1 Å². The molecule has 0 heterocycles. The molecule has 0 spiro atoms. The lowest BCUT2D eigenvalue weighted by Crippen LogP contribution is -2.24. The minimum atomic E-state index is -0.313. The van der Waals surface area contributed by atoms with E-state index in [1.54, 1.807) is 13.1 Å². The summed E-state index contributed by atoms with van der Waals surface area (Å²) in [6.07, 6.45) is 0. The maximum absolute atomic E-state index is 13.2. The van der Waals surface area contributed by atoms with Crippen molar-refractivity contribution in [2.45, 2.75) is 13.8 Å². The van der Waals surface area contributed by atoms with Crippen LogP contribution in [0.15, 0.2) is 36.4 Å². The first-order valence-electron chi connectivity index (χ1n) is 7.60. The van der Waals surface area contributed by atoms with E-state index in [2.05, 4.69) is 10.6 Å². The van der Waals surface area contributed by atoms with E-state index >= 15 is 0 Å². The predicted molar refractivity (Wildman–Crippen MR) is 98.6 cm³/mol. The zero-order chi connectivity index (χ0) is 17.5. The van der Waals surface area contributed by atoms with Crippen molar-refractivity contribution in [2.75, 3.05) is 25.6 Å². The Kier molecular flexibility index (Phi) is 6.37. The Hall–Kier alpha value is -2.34. The molecule has 24 heavy (non-hydrogen) atoms. The van der Waals surface area contributed by atoms with Gasteiger partial charge in [-0.25, -0.2) is 4.39 Å². The van der Waals surface area contributed by atoms with Crippen molar-refractivity contribution >= 4 is 23.0 Å². The SMILES string of the molecule is CNC(=S)Nc1ccc(C)c(OCCOc2cc(F)ccc2C)c1. The smallest absolute Gasteiger partial charge is 0.170 e. The maximum atomic E-state index is 13.2. The molecule has 0 saturated heterocycles. The number of aryl methyl sites for hydroxylation is 2. The van der Waals surface area contributed by atoms with E-state index < -0.39 is 0 Å². The minimum absolute atomic E-state index is 0.313. The molecule has 0 fully saturated rings. The molecule has 6 heteroatoms. The number of nitrogens with one attached hydrogen (secondary N) is 2. The van der Waals surface area contributed by atoms with Crippen molar-refractivity contribution in [3.63, 3.8) is 0 Å². The summed E-state index contributed by atoms with van der Waals surface area (Å²) >= 11 is 5.08. The first-order valence-corrected chi connectivity index (χ1v) is 8.01. The minimum Gasteiger partial charge on any atom is -0.490 e. The number of rotatable bonds is 6. The fraction of sp³-hybridized carbons (Fsp3) is 0.278. The summed E-state index contributed by atoms with van der Waals surface area (Å²) in [6, 6.07) is 10.2. The molecule has 2 N–H and O–H groups in total. The monoisotopic (exact) mass is 348 g/mol. The molecule has 0 aliphatic heterocycles. The lowest BCUT2D eigenvalue weighted by Gasteiger charge is -2.14. The molecule has 4 nitrogen and oxygen atoms in total. The highest BCUT2D eigenvalue weighted by molar-refractivity contribution is 7.80. The quantitative estimate of drug-likeness (QED) is 0.614. The lowest BCUT2D eigenvalue weighted by molar-refractivity contribution is 0.215. The van der Waals surface area contributed by atoms with Crippen LogP contribution in [0.4, 0.5) is 10.1 Å². The molecule has 0 aromatic heterocycles. The van der Waals surface area contributed by atoms with Crippen LogP contribution in [0.1, 0.15) is 11.1 Å². The average Bonchev–Trinajstić information content (AvgIpc) is 2.57. The molecular formula is C18H21FN2O2S. The van der Waals surface area contributed by atoms with E-state index in [0.29, 0.717) is 24.1 Å². The molecule has 0 saturated carbocycles. The van der Waals surface area contributed by atoms with Crippen LogP contribution in [0.3, 0.4) is 0 Å². The summed E-state index contributed by atoms with van der Waals surface area (Å²) in [5, 5.41) is 6.45. The molecule has 0 aliphatic carbocycles. The zero-order valence-corrected chi connectivity index (χ0v) is 14.8. The highest BCUT2D eigenvalue weighted by Crippen LogP contribution is 2.23. The van der Waals surface area contributed by atoms with Gasteiger partial charge in [-0.3, -0.25) is 0 Å². The van der Waals surface area contributed by atoms with Crippen molar-refractivity contribution in [3.05, 3.63) is 53.3 Å². The van der Waals surface area contributed by atoms with Crippen LogP contribution in [0.5, 0.6) is 11.5 Å². The Bertz CT molecular complexity index is 722. The van der Waals surface area contributed by atoms with Crippen LogP contribution in [0.25, 0.3) is 0 Å². The maximum Gasteiger partial charge on any atom is 0.170 e. The van der Waals surface area contributed by atoms with Crippen LogP contribution in [-0.4, -0.2) is 25.4 Å². The standard InChI is InChI=1S/C18H21FN2O2S/c1-12-4-6-14(19)10-16(12)22-8-9-23-17-11-15(7-5-13(17)2)21-18(24)20-3/h4-7,10-11H,8-9H2,1-3H3,(H2,20,21,24). The second-order valence-electron chi connectivity index (χ2n) is 5.29. The van der Waals surface area contributed by atoms with Gasteiger partial charge in [0.05, 0.1) is 0 Å². The summed E-state index contributed by atoms with van der Waals surface area (Å²) in [5.74, 6) is 0.968. The Morgan fingerprint density at radius 3 is 2.21 bits per heavy atom. The summed E-state index contributed by atoms with van der Waals surface area (Å²) in [7, 11) is 1.76. The number of benzene rings is 2. The summed E-state index contributed by atoms with van der Waals surface area (Å²) in [5.41, 5.74) is 2.74. The first kappa shape index (κ1) is 18.0. The fourth-order valence-corrected chi connectivity index (χ4v) is 2.18. The van der Waals surface area contributed by atoms with Crippen LogP contribution >= 0.6 is 12.2 Å². The Morgan fingerprint density at radius 2 is 1.58 bits per heavy atom. The van der Waals surface area contributed by atoms with E-state index in [1.165, 1.54) is 12.1 Å². The first-order chi connectivity index (χ1) is 11.5. The van der Waals surface area contributed by atoms with E-state index in [9.17, 15) is 4.39 Å². The van der Waals surface area contributed by atoms with Crippen molar-refractivity contribution in [1.29, 1.82) is 0 Å². The van der Waals surface area contributed by atoms with Gasteiger partial charge < -0.3 is 20.1 Å². The average molecular weight is 348 g/mol. The Morgan fingerprint density at radius 1 is 1.00 bits per heavy atom. The van der Waals surface area contributed by atoms with E-state index in [4.69, 9.17) is 21.7 Å². The van der Waals surface area contributed by atoms with Gasteiger partial charge in [0, 0.05) is 24.9 Å². The van der Waals surface area contributed by atoms with Gasteiger partial charge in [-0.2, -0.15) is 0 Å². The molecule has 0 unspecified atom stereocenters. The van der Waals surface area contributed by atoms with Gasteiger partial charge in [0.1, 0.15) is 30.5 Å². The highest BCUT2D eigenvalue weighted by atomic mass is 32.1. The van der Waals surface area contributed by atoms with E-state index in [0.717, 1.165) is 22.6 Å². The lowest BCUT2D eigenvalue weighted by atomic mass is 10.2. The van der Waals surface area contributed by atoms with Crippen molar-refractivity contribution in [1.82, 2.24) is 5.32 Å². The Balaban J connectivity index is 1.90. The van der Waals surface area contributed by atoms with E-state index in [-0.39, 0.29) is 5.82 Å². The molecule has 2 rings (SSSR count). The molecule has 0 bridgehead atoms. The van der Waals surface area contributed by atoms with Gasteiger partial charge in [-0.15, -0.1) is 0 Å². The normalized spacial score (nSPS) is 10.2. The molecule has 0 aliphatic rings. The molecule has 128 valence electrons. The molecule has 2 aromatic carbocycles. The van der Waals surface area contributed by atoms with Crippen molar-refractivity contribution < 1.29 is 13.9 Å². The summed E-state index contributed by atoms with van der Waals surface area (Å²) in [6.45, 7) is 4.53. The number of halogens is 1. The van der Waals surface area contributed by atoms with Gasteiger partial charge in [0.2, 0.25) is 0 Å². The molecular weight excluding hydrogens is 327 g/mol. The number of thiocarbonyl (C=S) groups is 1. The second-order valence-corrected chi connectivity index (χ2v) is 5.70. The predicted octanol–water partition coefficient (Wildman–Crippen LogP) is 3.82. The topological polar surface area (TPSA) is 42.5 Å². The van der Waals surface area contributed by atoms with Gasteiger partial charge in [-0.05, 0) is 49.3 Å². The number of ether oxygens (including phenoxy) is 2. The highest BCUT2D eigenvalue weighted by Gasteiger charge is 2.05. The second kappa shape index (κ2) is 8.49. The number of hydrogen-bond donors (Lipinski definition) is 2. The number of anilines is 1.